The molecule has 6 aliphatic rings. The number of imide groups is 2. The summed E-state index contributed by atoms with van der Waals surface area (Å²) in [6.45, 7) is 4.83. The van der Waals surface area contributed by atoms with E-state index in [2.05, 4.69) is 59.9 Å². The molecule has 1 N–H and O–H groups in total. The van der Waals surface area contributed by atoms with E-state index >= 15 is 0 Å². The van der Waals surface area contributed by atoms with Crippen LogP contribution in [0.2, 0.25) is 0 Å². The van der Waals surface area contributed by atoms with Gasteiger partial charge in [-0.3, -0.25) is 38.8 Å². The number of hydrogen-bond donors (Lipinski definition) is 1. The maximum atomic E-state index is 13.7. The fraction of sp³-hybridized carbons (Fsp3) is 0.467. The molecule has 1 saturated carbocycles. The van der Waals surface area contributed by atoms with Gasteiger partial charge in [-0.05, 0) is 140 Å². The van der Waals surface area contributed by atoms with Crippen molar-refractivity contribution in [1.29, 1.82) is 0 Å². The van der Waals surface area contributed by atoms with Gasteiger partial charge >= 0.3 is 0 Å². The summed E-state index contributed by atoms with van der Waals surface area (Å²) in [6.07, 6.45) is 11.2. The fourth-order valence-corrected chi connectivity index (χ4v) is 11.6. The number of nitrogens with zero attached hydrogens (tertiary/aromatic N) is 5. The van der Waals surface area contributed by atoms with Crippen LogP contribution in [0.3, 0.4) is 0 Å². The zero-order chi connectivity index (χ0) is 39.0. The number of anilines is 1. The number of hydrogen-bond acceptors (Lipinski definition) is 8. The number of benzene rings is 3. The molecule has 294 valence electrons. The lowest BCUT2D eigenvalue weighted by Crippen LogP contribution is -2.54. The second kappa shape index (κ2) is 14.3. The Hall–Kier alpha value is -4.68. The first-order valence-electron chi connectivity index (χ1n) is 20.9. The number of likely N-dealkylation sites (tertiary alicyclic amines) is 1. The first-order valence-corrected chi connectivity index (χ1v) is 21.7. The van der Waals surface area contributed by atoms with Crippen molar-refractivity contribution in [3.63, 3.8) is 0 Å². The Kier molecular flexibility index (Phi) is 9.20. The van der Waals surface area contributed by atoms with Crippen molar-refractivity contribution in [2.75, 3.05) is 37.6 Å². The average molecular weight is 832 g/mol. The van der Waals surface area contributed by atoms with Gasteiger partial charge in [-0.2, -0.15) is 4.98 Å². The molecule has 4 aromatic rings. The van der Waals surface area contributed by atoms with Gasteiger partial charge in [0, 0.05) is 24.0 Å². The third-order valence-corrected chi connectivity index (χ3v) is 14.8. The van der Waals surface area contributed by atoms with Crippen LogP contribution in [0.25, 0.3) is 16.6 Å². The molecule has 1 aromatic heterocycles. The summed E-state index contributed by atoms with van der Waals surface area (Å²) in [6, 6.07) is 17.6. The highest BCUT2D eigenvalue weighted by Crippen LogP contribution is 2.52. The lowest BCUT2D eigenvalue weighted by atomic mass is 9.69. The van der Waals surface area contributed by atoms with Crippen molar-refractivity contribution in [2.45, 2.75) is 94.4 Å². The summed E-state index contributed by atoms with van der Waals surface area (Å²) in [5.74, 6) is 0.131. The third kappa shape index (κ3) is 5.99. The highest BCUT2D eigenvalue weighted by atomic mass is 79.9. The minimum Gasteiger partial charge on any atom is -0.371 e. The normalized spacial score (nSPS) is 22.6. The highest BCUT2D eigenvalue weighted by Gasteiger charge is 2.48. The molecular formula is C45H47BrN6O5. The second-order valence-electron chi connectivity index (χ2n) is 17.1. The summed E-state index contributed by atoms with van der Waals surface area (Å²) in [5.41, 5.74) is 5.99. The number of piperidine rings is 3. The molecule has 6 heterocycles. The molecule has 1 unspecified atom stereocenters. The van der Waals surface area contributed by atoms with Crippen LogP contribution in [-0.2, 0) is 15.0 Å². The van der Waals surface area contributed by atoms with Crippen molar-refractivity contribution >= 4 is 56.1 Å². The number of amides is 4. The van der Waals surface area contributed by atoms with Gasteiger partial charge < -0.3 is 9.80 Å². The Bertz CT molecular complexity index is 2410. The van der Waals surface area contributed by atoms with E-state index in [0.29, 0.717) is 28.3 Å². The van der Waals surface area contributed by atoms with E-state index in [9.17, 15) is 24.0 Å². The van der Waals surface area contributed by atoms with Gasteiger partial charge in [-0.1, -0.05) is 43.5 Å². The number of aromatic nitrogens is 2. The van der Waals surface area contributed by atoms with Crippen LogP contribution < -0.4 is 15.8 Å². The van der Waals surface area contributed by atoms with E-state index in [1.54, 1.807) is 6.07 Å². The summed E-state index contributed by atoms with van der Waals surface area (Å²) in [4.78, 5) is 75.5. The van der Waals surface area contributed by atoms with Crippen LogP contribution in [0.5, 0.6) is 0 Å². The van der Waals surface area contributed by atoms with E-state index < -0.39 is 23.8 Å². The van der Waals surface area contributed by atoms with Crippen LogP contribution >= 0.6 is 15.9 Å². The quantitative estimate of drug-likeness (QED) is 0.216. The smallest absolute Gasteiger partial charge is 0.281 e. The van der Waals surface area contributed by atoms with Crippen LogP contribution in [0.4, 0.5) is 5.69 Å². The molecule has 3 saturated heterocycles. The molecule has 11 nitrogen and oxygen atoms in total. The van der Waals surface area contributed by atoms with Crippen LogP contribution in [0.15, 0.2) is 63.9 Å². The number of carbonyl (C=O) groups excluding carboxylic acids is 4. The van der Waals surface area contributed by atoms with E-state index in [4.69, 9.17) is 4.98 Å². The highest BCUT2D eigenvalue weighted by molar-refractivity contribution is 9.10. The third-order valence-electron chi connectivity index (χ3n) is 14.1. The fourth-order valence-electron chi connectivity index (χ4n) is 11.0. The number of halogens is 1. The van der Waals surface area contributed by atoms with Crippen molar-refractivity contribution in [2.24, 2.45) is 5.92 Å². The summed E-state index contributed by atoms with van der Waals surface area (Å²) in [5, 5.41) is 2.93. The molecule has 12 heteroatoms. The van der Waals surface area contributed by atoms with Gasteiger partial charge in [0.2, 0.25) is 11.8 Å². The Labute approximate surface area is 339 Å². The van der Waals surface area contributed by atoms with E-state index in [1.165, 1.54) is 23.2 Å². The van der Waals surface area contributed by atoms with Gasteiger partial charge in [0.15, 0.2) is 0 Å². The van der Waals surface area contributed by atoms with Crippen LogP contribution in [0.1, 0.15) is 121 Å². The first kappa shape index (κ1) is 36.6. The minimum atomic E-state index is -0.965. The number of rotatable bonds is 6. The molecule has 3 aromatic carbocycles. The molecular weight excluding hydrogens is 784 g/mol. The Morgan fingerprint density at radius 3 is 2.35 bits per heavy atom. The van der Waals surface area contributed by atoms with Crippen molar-refractivity contribution in [1.82, 2.24) is 24.7 Å². The Morgan fingerprint density at radius 2 is 1.58 bits per heavy atom. The summed E-state index contributed by atoms with van der Waals surface area (Å²) < 4.78 is 3.10. The van der Waals surface area contributed by atoms with Gasteiger partial charge in [0.1, 0.15) is 11.9 Å². The maximum Gasteiger partial charge on any atom is 0.281 e. The average Bonchev–Trinajstić information content (AvgIpc) is 3.63. The van der Waals surface area contributed by atoms with Crippen molar-refractivity contribution in [3.05, 3.63) is 97.5 Å². The Morgan fingerprint density at radius 1 is 0.807 bits per heavy atom. The topological polar surface area (TPSA) is 125 Å². The molecule has 0 radical (unpaired) electrons. The maximum absolute atomic E-state index is 13.7. The van der Waals surface area contributed by atoms with Crippen LogP contribution in [0, 0.1) is 5.92 Å². The largest absolute Gasteiger partial charge is 0.371 e. The summed E-state index contributed by atoms with van der Waals surface area (Å²) >= 11 is 3.65. The van der Waals surface area contributed by atoms with Gasteiger partial charge in [-0.25, -0.2) is 0 Å². The molecule has 4 amide bonds. The molecule has 1 atom stereocenters. The van der Waals surface area contributed by atoms with Crippen molar-refractivity contribution < 1.29 is 19.2 Å². The molecule has 1 aliphatic carbocycles. The van der Waals surface area contributed by atoms with Crippen molar-refractivity contribution in [3.8, 4) is 5.69 Å². The first-order chi connectivity index (χ1) is 27.7. The lowest BCUT2D eigenvalue weighted by Gasteiger charge is -2.37. The van der Waals surface area contributed by atoms with E-state index in [1.807, 2.05) is 24.3 Å². The standard InChI is InChI=1S/C45H47BrN6O5/c46-32-7-5-9-34-39(32)41(55)48-44-45(19-2-1-3-20-45)31-11-10-29(26-36(31)51(34)44)28-17-22-49(23-18-28)21-14-27-15-24-50(25-16-27)33-8-4-6-30-38(33)43(57)52(42(30)56)35-12-13-37(53)47-40(35)54/h4-11,26-28,35H,1-3,12-25H2,(H,47,53,54). The molecule has 0 bridgehead atoms. The number of fused-ring (bicyclic) bond motifs is 8. The van der Waals surface area contributed by atoms with E-state index in [-0.39, 0.29) is 29.7 Å². The van der Waals surface area contributed by atoms with Gasteiger partial charge in [0.25, 0.3) is 17.4 Å². The molecule has 57 heavy (non-hydrogen) atoms. The zero-order valence-corrected chi connectivity index (χ0v) is 33.7. The predicted molar refractivity (Wildman–Crippen MR) is 220 cm³/mol. The van der Waals surface area contributed by atoms with Gasteiger partial charge in [0.05, 0.1) is 38.8 Å². The molecule has 1 spiro atoms. The molecule has 10 rings (SSSR count). The lowest BCUT2D eigenvalue weighted by molar-refractivity contribution is -0.136. The zero-order valence-electron chi connectivity index (χ0n) is 32.1. The molecule has 4 fully saturated rings. The molecule has 5 aliphatic heterocycles. The van der Waals surface area contributed by atoms with Gasteiger partial charge in [-0.15, -0.1) is 0 Å². The second-order valence-corrected chi connectivity index (χ2v) is 18.0. The minimum absolute atomic E-state index is 0.103. The van der Waals surface area contributed by atoms with E-state index in [0.717, 1.165) is 117 Å². The predicted octanol–water partition coefficient (Wildman–Crippen LogP) is 6.60. The van der Waals surface area contributed by atoms with Crippen LogP contribution in [-0.4, -0.2) is 81.7 Å². The SMILES string of the molecule is O=C1CCC(N2C(=O)c3cccc(N4CCC(CCN5CCC(c6ccc7c(c6)-n6c(nc(=O)c8c(Br)cccc86)C76CCCCC6)CC5)CC4)c3C2=O)C(=O)N1. The summed E-state index contributed by atoms with van der Waals surface area (Å²) in [7, 11) is 0. The number of nitrogens with one attached hydrogen (secondary N) is 1. The Balaban J connectivity index is 0.779. The number of carbonyl (C=O) groups is 4. The monoisotopic (exact) mass is 830 g/mol.